The highest BCUT2D eigenvalue weighted by Crippen LogP contribution is 2.33. The second-order valence-corrected chi connectivity index (χ2v) is 5.36. The van der Waals surface area contributed by atoms with Crippen molar-refractivity contribution in [3.63, 3.8) is 0 Å². The van der Waals surface area contributed by atoms with Crippen molar-refractivity contribution in [1.29, 1.82) is 0 Å². The summed E-state index contributed by atoms with van der Waals surface area (Å²) in [5, 5.41) is 9.61. The second-order valence-electron chi connectivity index (χ2n) is 4.15. The predicted molar refractivity (Wildman–Crippen MR) is 72.4 cm³/mol. The quantitative estimate of drug-likeness (QED) is 0.599. The van der Waals surface area contributed by atoms with Gasteiger partial charge >= 0.3 is 6.18 Å². The molecular formula is C13H7BrClF4NO. The lowest BCUT2D eigenvalue weighted by molar-refractivity contribution is -0.141. The molecule has 8 heteroatoms. The summed E-state index contributed by atoms with van der Waals surface area (Å²) in [5.41, 5.74) is -1.05. The van der Waals surface area contributed by atoms with Crippen molar-refractivity contribution in [2.75, 3.05) is 0 Å². The number of hydrogen-bond acceptors (Lipinski definition) is 2. The predicted octanol–water partition coefficient (Wildman–Crippen LogP) is 4.74. The first-order valence-corrected chi connectivity index (χ1v) is 6.74. The Morgan fingerprint density at radius 3 is 2.38 bits per heavy atom. The molecule has 0 amide bonds. The van der Waals surface area contributed by atoms with Crippen molar-refractivity contribution in [2.24, 2.45) is 0 Å². The number of rotatable bonds is 2. The molecule has 1 heterocycles. The van der Waals surface area contributed by atoms with Gasteiger partial charge in [0.2, 0.25) is 0 Å². The fourth-order valence-electron chi connectivity index (χ4n) is 1.67. The normalized spacial score (nSPS) is 13.3. The van der Waals surface area contributed by atoms with E-state index in [9.17, 15) is 22.7 Å². The topological polar surface area (TPSA) is 33.1 Å². The molecule has 1 unspecified atom stereocenters. The molecule has 1 atom stereocenters. The first kappa shape index (κ1) is 16.2. The summed E-state index contributed by atoms with van der Waals surface area (Å²) in [7, 11) is 0. The summed E-state index contributed by atoms with van der Waals surface area (Å²) < 4.78 is 51.1. The SMILES string of the molecule is OC(c1ccc(Br)c(F)c1)c1ccc(C(F)(F)F)nc1Cl. The largest absolute Gasteiger partial charge is 0.433 e. The summed E-state index contributed by atoms with van der Waals surface area (Å²) in [4.78, 5) is 3.21. The van der Waals surface area contributed by atoms with Crippen molar-refractivity contribution in [3.05, 3.63) is 62.6 Å². The molecule has 2 rings (SSSR count). The average molecular weight is 385 g/mol. The number of halogens is 6. The van der Waals surface area contributed by atoms with E-state index in [1.54, 1.807) is 0 Å². The Morgan fingerprint density at radius 2 is 1.86 bits per heavy atom. The molecular weight excluding hydrogens is 377 g/mol. The Kier molecular flexibility index (Phi) is 4.55. The molecule has 0 radical (unpaired) electrons. The number of alkyl halides is 3. The second kappa shape index (κ2) is 5.90. The van der Waals surface area contributed by atoms with Gasteiger partial charge in [-0.3, -0.25) is 0 Å². The van der Waals surface area contributed by atoms with E-state index < -0.39 is 28.9 Å². The van der Waals surface area contributed by atoms with E-state index in [1.165, 1.54) is 12.1 Å². The van der Waals surface area contributed by atoms with Crippen LogP contribution in [0.4, 0.5) is 17.6 Å². The highest BCUT2D eigenvalue weighted by atomic mass is 79.9. The molecule has 0 saturated carbocycles. The highest BCUT2D eigenvalue weighted by Gasteiger charge is 2.33. The van der Waals surface area contributed by atoms with Crippen LogP contribution in [-0.2, 0) is 6.18 Å². The number of aromatic nitrogens is 1. The molecule has 112 valence electrons. The van der Waals surface area contributed by atoms with Gasteiger partial charge in [0.15, 0.2) is 0 Å². The number of aliphatic hydroxyl groups excluding tert-OH is 1. The monoisotopic (exact) mass is 383 g/mol. The Balaban J connectivity index is 2.39. The number of aliphatic hydroxyl groups is 1. The minimum atomic E-state index is -4.63. The van der Waals surface area contributed by atoms with Gasteiger partial charge in [0, 0.05) is 5.56 Å². The van der Waals surface area contributed by atoms with Gasteiger partial charge in [0.25, 0.3) is 0 Å². The van der Waals surface area contributed by atoms with E-state index in [2.05, 4.69) is 20.9 Å². The molecule has 2 aromatic rings. The summed E-state index contributed by atoms with van der Waals surface area (Å²) in [5.74, 6) is -0.609. The lowest BCUT2D eigenvalue weighted by Crippen LogP contribution is -2.10. The van der Waals surface area contributed by atoms with Crippen LogP contribution in [-0.4, -0.2) is 10.1 Å². The minimum Gasteiger partial charge on any atom is -0.384 e. The first-order valence-electron chi connectivity index (χ1n) is 5.57. The number of hydrogen-bond donors (Lipinski definition) is 1. The Bertz CT molecular complexity index is 678. The Labute approximate surface area is 130 Å². The van der Waals surface area contributed by atoms with Crippen LogP contribution in [0.3, 0.4) is 0 Å². The molecule has 2 nitrogen and oxygen atoms in total. The van der Waals surface area contributed by atoms with Crippen molar-refractivity contribution < 1.29 is 22.7 Å². The lowest BCUT2D eigenvalue weighted by Gasteiger charge is -2.14. The Hall–Kier alpha value is -1.18. The maximum absolute atomic E-state index is 13.4. The molecule has 0 aliphatic rings. The van der Waals surface area contributed by atoms with Crippen LogP contribution in [0.5, 0.6) is 0 Å². The molecule has 0 bridgehead atoms. The first-order chi connectivity index (χ1) is 9.70. The van der Waals surface area contributed by atoms with Gasteiger partial charge in [-0.05, 0) is 39.7 Å². The smallest absolute Gasteiger partial charge is 0.384 e. The third-order valence-electron chi connectivity index (χ3n) is 2.72. The van der Waals surface area contributed by atoms with Crippen LogP contribution in [0.1, 0.15) is 22.9 Å². The van der Waals surface area contributed by atoms with Crippen LogP contribution in [0.15, 0.2) is 34.8 Å². The maximum atomic E-state index is 13.4. The molecule has 1 N–H and O–H groups in total. The third-order valence-corrected chi connectivity index (χ3v) is 3.67. The maximum Gasteiger partial charge on any atom is 0.433 e. The summed E-state index contributed by atoms with van der Waals surface area (Å²) in [6.07, 6.45) is -6.01. The summed E-state index contributed by atoms with van der Waals surface area (Å²) in [6, 6.07) is 5.58. The molecule has 0 spiro atoms. The van der Waals surface area contributed by atoms with E-state index >= 15 is 0 Å². The highest BCUT2D eigenvalue weighted by molar-refractivity contribution is 9.10. The Morgan fingerprint density at radius 1 is 1.19 bits per heavy atom. The third kappa shape index (κ3) is 3.53. The molecule has 21 heavy (non-hydrogen) atoms. The molecule has 0 saturated heterocycles. The van der Waals surface area contributed by atoms with Gasteiger partial charge in [0.05, 0.1) is 4.47 Å². The van der Waals surface area contributed by atoms with E-state index in [-0.39, 0.29) is 15.6 Å². The van der Waals surface area contributed by atoms with Crippen LogP contribution in [0.2, 0.25) is 5.15 Å². The molecule has 0 aliphatic heterocycles. The fraction of sp³-hybridized carbons (Fsp3) is 0.154. The van der Waals surface area contributed by atoms with E-state index in [1.807, 2.05) is 0 Å². The minimum absolute atomic E-state index is 0.0358. The average Bonchev–Trinajstić information content (AvgIpc) is 2.40. The van der Waals surface area contributed by atoms with Crippen molar-refractivity contribution in [1.82, 2.24) is 4.98 Å². The van der Waals surface area contributed by atoms with Crippen molar-refractivity contribution >= 4 is 27.5 Å². The van der Waals surface area contributed by atoms with Gasteiger partial charge in [-0.1, -0.05) is 23.7 Å². The van der Waals surface area contributed by atoms with Gasteiger partial charge < -0.3 is 5.11 Å². The fourth-order valence-corrected chi connectivity index (χ4v) is 2.17. The van der Waals surface area contributed by atoms with Crippen molar-refractivity contribution in [3.8, 4) is 0 Å². The van der Waals surface area contributed by atoms with E-state index in [4.69, 9.17) is 11.6 Å². The van der Waals surface area contributed by atoms with Crippen molar-refractivity contribution in [2.45, 2.75) is 12.3 Å². The van der Waals surface area contributed by atoms with Crippen LogP contribution in [0.25, 0.3) is 0 Å². The molecule has 0 aliphatic carbocycles. The summed E-state index contributed by atoms with van der Waals surface area (Å²) >= 11 is 8.64. The van der Waals surface area contributed by atoms with Gasteiger partial charge in [-0.2, -0.15) is 13.2 Å². The molecule has 1 aromatic heterocycles. The molecule has 0 fully saturated rings. The van der Waals surface area contributed by atoms with E-state index in [0.29, 0.717) is 6.07 Å². The van der Waals surface area contributed by atoms with Gasteiger partial charge in [-0.25, -0.2) is 9.37 Å². The van der Waals surface area contributed by atoms with Crippen LogP contribution >= 0.6 is 27.5 Å². The number of nitrogens with zero attached hydrogens (tertiary/aromatic N) is 1. The molecule has 1 aromatic carbocycles. The zero-order valence-electron chi connectivity index (χ0n) is 10.1. The zero-order valence-corrected chi connectivity index (χ0v) is 12.5. The summed E-state index contributed by atoms with van der Waals surface area (Å²) in [6.45, 7) is 0. The van der Waals surface area contributed by atoms with Gasteiger partial charge in [0.1, 0.15) is 22.8 Å². The lowest BCUT2D eigenvalue weighted by atomic mass is 10.0. The standard InChI is InChI=1S/C13H7BrClF4NO/c14-8-3-1-6(5-9(8)16)11(21)7-2-4-10(13(17,18)19)20-12(7)15/h1-5,11,21H. The van der Waals surface area contributed by atoms with Crippen LogP contribution < -0.4 is 0 Å². The van der Waals surface area contributed by atoms with Crippen LogP contribution in [0, 0.1) is 5.82 Å². The number of benzene rings is 1. The van der Waals surface area contributed by atoms with E-state index in [0.717, 1.165) is 12.1 Å². The zero-order chi connectivity index (χ0) is 15.8. The van der Waals surface area contributed by atoms with Gasteiger partial charge in [-0.15, -0.1) is 0 Å². The number of pyridine rings is 1.